The van der Waals surface area contributed by atoms with Crippen LogP contribution in [0.5, 0.6) is 0 Å². The first-order valence-corrected chi connectivity index (χ1v) is 4.83. The quantitative estimate of drug-likeness (QED) is 0.629. The Morgan fingerprint density at radius 1 is 1.54 bits per heavy atom. The molecule has 1 heterocycles. The molecule has 4 heteroatoms. The van der Waals surface area contributed by atoms with Crippen molar-refractivity contribution in [1.29, 1.82) is 0 Å². The molecule has 0 saturated carbocycles. The minimum atomic E-state index is -0.114. The fourth-order valence-electron chi connectivity index (χ4n) is 1.53. The molecular weight excluding hydrogens is 168 g/mol. The Balaban J connectivity index is 2.05. The summed E-state index contributed by atoms with van der Waals surface area (Å²) >= 11 is 0. The topological polar surface area (TPSA) is 52.6 Å². The molecule has 0 aliphatic carbocycles. The fourth-order valence-corrected chi connectivity index (χ4v) is 1.53. The van der Waals surface area contributed by atoms with Crippen molar-refractivity contribution in [2.45, 2.75) is 25.9 Å². The zero-order chi connectivity index (χ0) is 9.68. The van der Waals surface area contributed by atoms with E-state index in [-0.39, 0.29) is 12.0 Å². The second kappa shape index (κ2) is 5.19. The van der Waals surface area contributed by atoms with Crippen LogP contribution >= 0.6 is 0 Å². The maximum absolute atomic E-state index is 10.6. The molecule has 1 fully saturated rings. The van der Waals surface area contributed by atoms with Gasteiger partial charge in [-0.1, -0.05) is 0 Å². The number of nitrogens with zero attached hydrogens (tertiary/aromatic N) is 1. The molecule has 1 amide bonds. The van der Waals surface area contributed by atoms with Crippen LogP contribution in [0.25, 0.3) is 0 Å². The summed E-state index contributed by atoms with van der Waals surface area (Å²) in [5.41, 5.74) is 0. The van der Waals surface area contributed by atoms with Crippen LogP contribution in [0.4, 0.5) is 0 Å². The summed E-state index contributed by atoms with van der Waals surface area (Å²) in [6.07, 6.45) is 1.61. The Morgan fingerprint density at radius 2 is 2.15 bits per heavy atom. The number of carbonyl (C=O) groups is 1. The van der Waals surface area contributed by atoms with Crippen LogP contribution in [0.15, 0.2) is 0 Å². The lowest BCUT2D eigenvalue weighted by Gasteiger charge is -2.29. The van der Waals surface area contributed by atoms with E-state index in [0.29, 0.717) is 6.54 Å². The van der Waals surface area contributed by atoms with Gasteiger partial charge in [-0.2, -0.15) is 0 Å². The van der Waals surface area contributed by atoms with Gasteiger partial charge in [0.2, 0.25) is 5.91 Å². The van der Waals surface area contributed by atoms with E-state index >= 15 is 0 Å². The first-order valence-electron chi connectivity index (χ1n) is 4.83. The number of rotatable bonds is 3. The maximum atomic E-state index is 10.6. The summed E-state index contributed by atoms with van der Waals surface area (Å²) in [4.78, 5) is 12.8. The van der Waals surface area contributed by atoms with Gasteiger partial charge in [-0.25, -0.2) is 0 Å². The van der Waals surface area contributed by atoms with E-state index in [1.54, 1.807) is 0 Å². The minimum Gasteiger partial charge on any atom is -0.393 e. The molecule has 1 aliphatic heterocycles. The van der Waals surface area contributed by atoms with Gasteiger partial charge in [0.15, 0.2) is 0 Å². The number of nitrogens with one attached hydrogen (secondary N) is 1. The fraction of sp³-hybridized carbons (Fsp3) is 0.889. The minimum absolute atomic E-state index is 0.0250. The van der Waals surface area contributed by atoms with E-state index in [1.165, 1.54) is 6.92 Å². The Kier molecular flexibility index (Phi) is 4.18. The largest absolute Gasteiger partial charge is 0.393 e. The number of hydrogen-bond donors (Lipinski definition) is 2. The number of aliphatic hydroxyl groups is 1. The highest BCUT2D eigenvalue weighted by Crippen LogP contribution is 2.08. The standard InChI is InChI=1S/C9H18N2O2/c1-8(12)10-4-7-11-5-2-9(13)3-6-11/h9,13H,2-7H2,1H3,(H,10,12). The van der Waals surface area contributed by atoms with Crippen LogP contribution < -0.4 is 5.32 Å². The van der Waals surface area contributed by atoms with Crippen LogP contribution in [0.2, 0.25) is 0 Å². The highest BCUT2D eigenvalue weighted by Gasteiger charge is 2.15. The predicted octanol–water partition coefficient (Wildman–Crippen LogP) is -0.421. The Hall–Kier alpha value is -0.610. The van der Waals surface area contributed by atoms with Crippen molar-refractivity contribution >= 4 is 5.91 Å². The van der Waals surface area contributed by atoms with Crippen LogP contribution in [0.3, 0.4) is 0 Å². The van der Waals surface area contributed by atoms with Crippen molar-refractivity contribution in [2.24, 2.45) is 0 Å². The molecule has 76 valence electrons. The third kappa shape index (κ3) is 4.24. The zero-order valence-electron chi connectivity index (χ0n) is 8.12. The summed E-state index contributed by atoms with van der Waals surface area (Å²) in [7, 11) is 0. The molecule has 0 bridgehead atoms. The van der Waals surface area contributed by atoms with E-state index in [1.807, 2.05) is 0 Å². The lowest BCUT2D eigenvalue weighted by atomic mass is 10.1. The molecule has 0 aromatic carbocycles. The highest BCUT2D eigenvalue weighted by molar-refractivity contribution is 5.72. The lowest BCUT2D eigenvalue weighted by Crippen LogP contribution is -2.40. The molecular formula is C9H18N2O2. The monoisotopic (exact) mass is 186 g/mol. The third-order valence-electron chi connectivity index (χ3n) is 2.36. The molecule has 1 aliphatic rings. The van der Waals surface area contributed by atoms with E-state index in [4.69, 9.17) is 0 Å². The Bertz CT molecular complexity index is 165. The van der Waals surface area contributed by atoms with E-state index < -0.39 is 0 Å². The zero-order valence-corrected chi connectivity index (χ0v) is 8.12. The molecule has 2 N–H and O–H groups in total. The summed E-state index contributed by atoms with van der Waals surface area (Å²) in [6.45, 7) is 5.03. The summed E-state index contributed by atoms with van der Waals surface area (Å²) in [6, 6.07) is 0. The van der Waals surface area contributed by atoms with Gasteiger partial charge in [-0.05, 0) is 12.8 Å². The molecule has 0 aromatic rings. The van der Waals surface area contributed by atoms with Crippen molar-refractivity contribution in [1.82, 2.24) is 10.2 Å². The number of aliphatic hydroxyl groups excluding tert-OH is 1. The third-order valence-corrected chi connectivity index (χ3v) is 2.36. The average molecular weight is 186 g/mol. The smallest absolute Gasteiger partial charge is 0.216 e. The van der Waals surface area contributed by atoms with Gasteiger partial charge in [0, 0.05) is 33.1 Å². The number of likely N-dealkylation sites (tertiary alicyclic amines) is 1. The summed E-state index contributed by atoms with van der Waals surface area (Å²) in [5, 5.41) is 12.0. The van der Waals surface area contributed by atoms with Crippen molar-refractivity contribution in [3.8, 4) is 0 Å². The SMILES string of the molecule is CC(=O)NCCN1CCC(O)CC1. The molecule has 0 atom stereocenters. The molecule has 1 saturated heterocycles. The number of hydrogen-bond acceptors (Lipinski definition) is 3. The van der Waals surface area contributed by atoms with Crippen molar-refractivity contribution in [3.63, 3.8) is 0 Å². The van der Waals surface area contributed by atoms with Crippen molar-refractivity contribution in [3.05, 3.63) is 0 Å². The molecule has 4 nitrogen and oxygen atoms in total. The summed E-state index contributed by atoms with van der Waals surface area (Å²) < 4.78 is 0. The Morgan fingerprint density at radius 3 is 2.69 bits per heavy atom. The van der Waals surface area contributed by atoms with Gasteiger partial charge in [-0.15, -0.1) is 0 Å². The first kappa shape index (κ1) is 10.5. The second-order valence-electron chi connectivity index (χ2n) is 3.56. The highest BCUT2D eigenvalue weighted by atomic mass is 16.3. The van der Waals surface area contributed by atoms with E-state index in [2.05, 4.69) is 10.2 Å². The number of piperidine rings is 1. The molecule has 0 radical (unpaired) electrons. The molecule has 0 unspecified atom stereocenters. The number of amides is 1. The number of carbonyl (C=O) groups excluding carboxylic acids is 1. The average Bonchev–Trinajstić information content (AvgIpc) is 2.08. The van der Waals surface area contributed by atoms with Crippen LogP contribution in [0, 0.1) is 0 Å². The van der Waals surface area contributed by atoms with Gasteiger partial charge >= 0.3 is 0 Å². The van der Waals surface area contributed by atoms with Gasteiger partial charge in [0.25, 0.3) is 0 Å². The molecule has 1 rings (SSSR count). The van der Waals surface area contributed by atoms with E-state index in [9.17, 15) is 9.90 Å². The normalized spacial score (nSPS) is 20.2. The molecule has 13 heavy (non-hydrogen) atoms. The van der Waals surface area contributed by atoms with Crippen molar-refractivity contribution in [2.75, 3.05) is 26.2 Å². The van der Waals surface area contributed by atoms with Gasteiger partial charge in [0.05, 0.1) is 6.10 Å². The van der Waals surface area contributed by atoms with Crippen LogP contribution in [0.1, 0.15) is 19.8 Å². The van der Waals surface area contributed by atoms with Gasteiger partial charge in [0.1, 0.15) is 0 Å². The van der Waals surface area contributed by atoms with Gasteiger partial charge < -0.3 is 15.3 Å². The maximum Gasteiger partial charge on any atom is 0.216 e. The molecule has 0 aromatic heterocycles. The predicted molar refractivity (Wildman–Crippen MR) is 50.4 cm³/mol. The molecule has 0 spiro atoms. The van der Waals surface area contributed by atoms with Crippen LogP contribution in [-0.2, 0) is 4.79 Å². The lowest BCUT2D eigenvalue weighted by molar-refractivity contribution is -0.119. The van der Waals surface area contributed by atoms with Crippen molar-refractivity contribution < 1.29 is 9.90 Å². The summed E-state index contributed by atoms with van der Waals surface area (Å²) in [5.74, 6) is 0.0250. The first-order chi connectivity index (χ1) is 6.18. The van der Waals surface area contributed by atoms with E-state index in [0.717, 1.165) is 32.5 Å². The second-order valence-corrected chi connectivity index (χ2v) is 3.56. The van der Waals surface area contributed by atoms with Crippen LogP contribution in [-0.4, -0.2) is 48.2 Å². The van der Waals surface area contributed by atoms with Gasteiger partial charge in [-0.3, -0.25) is 4.79 Å². The Labute approximate surface area is 78.9 Å².